The molecule has 0 bridgehead atoms. The zero-order valence-corrected chi connectivity index (χ0v) is 10.4. The first-order valence-electron chi connectivity index (χ1n) is 6.26. The predicted octanol–water partition coefficient (Wildman–Crippen LogP) is 2.75. The topological polar surface area (TPSA) is 35.5 Å². The van der Waals surface area contributed by atoms with Gasteiger partial charge in [0, 0.05) is 11.1 Å². The fourth-order valence-corrected chi connectivity index (χ4v) is 3.10. The van der Waals surface area contributed by atoms with Crippen LogP contribution in [0.3, 0.4) is 0 Å². The third kappa shape index (κ3) is 1.02. The first kappa shape index (κ1) is 10.6. The number of benzene rings is 2. The van der Waals surface area contributed by atoms with Gasteiger partial charge in [0.05, 0.1) is 0 Å². The molecule has 0 spiro atoms. The van der Waals surface area contributed by atoms with E-state index in [9.17, 15) is 4.79 Å². The molecule has 2 atom stereocenters. The molecular weight excluding hydrogens is 240 g/mol. The Balaban J connectivity index is 1.97. The molecule has 1 saturated heterocycles. The second kappa shape index (κ2) is 3.18. The highest BCUT2D eigenvalue weighted by atomic mass is 16.7. The van der Waals surface area contributed by atoms with E-state index in [2.05, 4.69) is 0 Å². The molecule has 0 aliphatic carbocycles. The van der Waals surface area contributed by atoms with Gasteiger partial charge in [-0.15, -0.1) is 0 Å². The molecule has 0 N–H and O–H groups in total. The Morgan fingerprint density at radius 2 is 1.58 bits per heavy atom. The van der Waals surface area contributed by atoms with Crippen molar-refractivity contribution in [1.82, 2.24) is 0 Å². The van der Waals surface area contributed by atoms with Crippen molar-refractivity contribution >= 4 is 5.97 Å². The fourth-order valence-electron chi connectivity index (χ4n) is 3.10. The minimum atomic E-state index is -1.03. The van der Waals surface area contributed by atoms with E-state index in [4.69, 9.17) is 9.47 Å². The van der Waals surface area contributed by atoms with Crippen molar-refractivity contribution in [3.05, 3.63) is 65.7 Å². The lowest BCUT2D eigenvalue weighted by atomic mass is 9.72. The van der Waals surface area contributed by atoms with Crippen LogP contribution < -0.4 is 4.74 Å². The van der Waals surface area contributed by atoms with Crippen molar-refractivity contribution in [3.63, 3.8) is 0 Å². The van der Waals surface area contributed by atoms with E-state index in [1.165, 1.54) is 0 Å². The normalized spacial score (nSPS) is 30.7. The molecule has 4 rings (SSSR count). The van der Waals surface area contributed by atoms with Gasteiger partial charge in [-0.3, -0.25) is 0 Å². The largest absolute Gasteiger partial charge is 0.466 e. The van der Waals surface area contributed by atoms with Gasteiger partial charge in [-0.1, -0.05) is 48.5 Å². The standard InChI is InChI=1S/C16H12O3/c1-15-12-9-5-6-10-13(12)18-16(15,14(17)19-15)11-7-3-2-4-8-11/h2-10H,1H3. The number of carbonyl (C=O) groups is 1. The number of rotatable bonds is 1. The molecule has 2 aromatic rings. The smallest absolute Gasteiger partial charge is 0.361 e. The van der Waals surface area contributed by atoms with Crippen LogP contribution >= 0.6 is 0 Å². The van der Waals surface area contributed by atoms with Gasteiger partial charge in [0.15, 0.2) is 5.60 Å². The minimum Gasteiger partial charge on any atom is -0.466 e. The second-order valence-electron chi connectivity index (χ2n) is 5.07. The number of carbonyl (C=O) groups excluding carboxylic acids is 1. The number of fused-ring (bicyclic) bond motifs is 3. The van der Waals surface area contributed by atoms with Crippen LogP contribution in [0.1, 0.15) is 18.1 Å². The highest BCUT2D eigenvalue weighted by Crippen LogP contribution is 2.61. The van der Waals surface area contributed by atoms with Gasteiger partial charge < -0.3 is 9.47 Å². The second-order valence-corrected chi connectivity index (χ2v) is 5.07. The Kier molecular flexibility index (Phi) is 1.78. The molecule has 0 saturated carbocycles. The van der Waals surface area contributed by atoms with Gasteiger partial charge in [-0.05, 0) is 13.0 Å². The lowest BCUT2D eigenvalue weighted by Crippen LogP contribution is -2.66. The van der Waals surface area contributed by atoms with Gasteiger partial charge >= 0.3 is 5.97 Å². The van der Waals surface area contributed by atoms with Gasteiger partial charge in [-0.25, -0.2) is 4.79 Å². The highest BCUT2D eigenvalue weighted by Gasteiger charge is 2.75. The molecule has 2 unspecified atom stereocenters. The number of hydrogen-bond acceptors (Lipinski definition) is 3. The summed E-state index contributed by atoms with van der Waals surface area (Å²) < 4.78 is 11.5. The van der Waals surface area contributed by atoms with Crippen LogP contribution in [-0.4, -0.2) is 5.97 Å². The van der Waals surface area contributed by atoms with Crippen molar-refractivity contribution in [2.24, 2.45) is 0 Å². The summed E-state index contributed by atoms with van der Waals surface area (Å²) in [6, 6.07) is 17.2. The van der Waals surface area contributed by atoms with Gasteiger partial charge in [0.2, 0.25) is 0 Å². The van der Waals surface area contributed by atoms with Crippen LogP contribution in [0.5, 0.6) is 5.75 Å². The fraction of sp³-hybridized carbons (Fsp3) is 0.188. The molecule has 19 heavy (non-hydrogen) atoms. The summed E-state index contributed by atoms with van der Waals surface area (Å²) in [6.45, 7) is 1.91. The van der Waals surface area contributed by atoms with Crippen LogP contribution in [0.2, 0.25) is 0 Å². The Morgan fingerprint density at radius 1 is 0.895 bits per heavy atom. The number of ether oxygens (including phenoxy) is 2. The Labute approximate surface area is 110 Å². The predicted molar refractivity (Wildman–Crippen MR) is 68.6 cm³/mol. The quantitative estimate of drug-likeness (QED) is 0.732. The third-order valence-electron chi connectivity index (χ3n) is 4.10. The van der Waals surface area contributed by atoms with E-state index >= 15 is 0 Å². The Bertz CT molecular complexity index is 679. The highest BCUT2D eigenvalue weighted by molar-refractivity contribution is 5.92. The maximum atomic E-state index is 12.2. The number of para-hydroxylation sites is 1. The summed E-state index contributed by atoms with van der Waals surface area (Å²) in [5.74, 6) is 0.400. The first-order valence-corrected chi connectivity index (χ1v) is 6.26. The molecular formula is C16H12O3. The van der Waals surface area contributed by atoms with Crippen molar-refractivity contribution in [2.45, 2.75) is 18.1 Å². The third-order valence-corrected chi connectivity index (χ3v) is 4.10. The Morgan fingerprint density at radius 3 is 2.32 bits per heavy atom. The minimum absolute atomic E-state index is 0.322. The summed E-state index contributed by atoms with van der Waals surface area (Å²) in [5, 5.41) is 0. The van der Waals surface area contributed by atoms with E-state index in [1.807, 2.05) is 61.5 Å². The van der Waals surface area contributed by atoms with Crippen LogP contribution in [0.25, 0.3) is 0 Å². The average molecular weight is 252 g/mol. The number of hydrogen-bond donors (Lipinski definition) is 0. The summed E-state index contributed by atoms with van der Waals surface area (Å²) in [5.41, 5.74) is 0.00313. The molecule has 1 fully saturated rings. The lowest BCUT2D eigenvalue weighted by molar-refractivity contribution is -0.252. The van der Waals surface area contributed by atoms with Crippen LogP contribution in [-0.2, 0) is 20.7 Å². The van der Waals surface area contributed by atoms with Gasteiger partial charge in [0.25, 0.3) is 5.60 Å². The Hall–Kier alpha value is -2.29. The van der Waals surface area contributed by atoms with E-state index < -0.39 is 11.2 Å². The van der Waals surface area contributed by atoms with Crippen molar-refractivity contribution in [3.8, 4) is 5.75 Å². The molecule has 2 aromatic carbocycles. The summed E-state index contributed by atoms with van der Waals surface area (Å²) >= 11 is 0. The summed E-state index contributed by atoms with van der Waals surface area (Å²) in [7, 11) is 0. The molecule has 2 heterocycles. The lowest BCUT2D eigenvalue weighted by Gasteiger charge is -2.48. The molecule has 2 aliphatic heterocycles. The zero-order chi connectivity index (χ0) is 13.1. The molecule has 94 valence electrons. The summed E-state index contributed by atoms with van der Waals surface area (Å²) in [4.78, 5) is 12.2. The first-order chi connectivity index (χ1) is 9.18. The SMILES string of the molecule is CC12OC(=O)C1(c1ccccc1)Oc1ccccc12. The van der Waals surface area contributed by atoms with Gasteiger partial charge in [-0.2, -0.15) is 0 Å². The van der Waals surface area contributed by atoms with Crippen molar-refractivity contribution < 1.29 is 14.3 Å². The molecule has 3 heteroatoms. The maximum Gasteiger partial charge on any atom is 0.361 e. The van der Waals surface area contributed by atoms with E-state index in [0.29, 0.717) is 0 Å². The van der Waals surface area contributed by atoms with Crippen molar-refractivity contribution in [2.75, 3.05) is 0 Å². The van der Waals surface area contributed by atoms with E-state index in [0.717, 1.165) is 16.9 Å². The zero-order valence-electron chi connectivity index (χ0n) is 10.4. The molecule has 0 amide bonds. The molecule has 3 nitrogen and oxygen atoms in total. The van der Waals surface area contributed by atoms with Crippen molar-refractivity contribution in [1.29, 1.82) is 0 Å². The van der Waals surface area contributed by atoms with Gasteiger partial charge in [0.1, 0.15) is 5.75 Å². The maximum absolute atomic E-state index is 12.2. The number of esters is 1. The monoisotopic (exact) mass is 252 g/mol. The summed E-state index contributed by atoms with van der Waals surface area (Å²) in [6.07, 6.45) is 0. The van der Waals surface area contributed by atoms with E-state index in [1.54, 1.807) is 0 Å². The van der Waals surface area contributed by atoms with Crippen LogP contribution in [0.15, 0.2) is 54.6 Å². The molecule has 0 aromatic heterocycles. The molecule has 2 aliphatic rings. The average Bonchev–Trinajstić information content (AvgIpc) is 2.66. The molecule has 0 radical (unpaired) electrons. The van der Waals surface area contributed by atoms with E-state index in [-0.39, 0.29) is 5.97 Å². The van der Waals surface area contributed by atoms with Crippen LogP contribution in [0, 0.1) is 0 Å². The van der Waals surface area contributed by atoms with Crippen LogP contribution in [0.4, 0.5) is 0 Å².